The summed E-state index contributed by atoms with van der Waals surface area (Å²) >= 11 is 5.74. The zero-order chi connectivity index (χ0) is 10.1. The molecule has 1 heterocycles. The Labute approximate surface area is 90.6 Å². The largest absolute Gasteiger partial charge is 0.392 e. The van der Waals surface area contributed by atoms with E-state index in [0.717, 1.165) is 26.1 Å². The average Bonchev–Trinajstić information content (AvgIpc) is 2.52. The molecule has 0 aliphatic heterocycles. The van der Waals surface area contributed by atoms with E-state index in [1.54, 1.807) is 6.07 Å². The van der Waals surface area contributed by atoms with Gasteiger partial charge in [0.1, 0.15) is 0 Å². The fourth-order valence-corrected chi connectivity index (χ4v) is 2.94. The SMILES string of the molecule is O=Cc1cccc2sc(S)c(CO)c12. The fraction of sp³-hybridized carbons (Fsp3) is 0.100. The summed E-state index contributed by atoms with van der Waals surface area (Å²) in [6.07, 6.45) is 0.807. The van der Waals surface area contributed by atoms with E-state index in [1.165, 1.54) is 11.3 Å². The summed E-state index contributed by atoms with van der Waals surface area (Å²) in [5, 5.41) is 10.0. The highest BCUT2D eigenvalue weighted by Crippen LogP contribution is 2.35. The molecular formula is C10H8O2S2. The maximum absolute atomic E-state index is 10.8. The Morgan fingerprint density at radius 3 is 2.93 bits per heavy atom. The summed E-state index contributed by atoms with van der Waals surface area (Å²) < 4.78 is 1.76. The van der Waals surface area contributed by atoms with E-state index in [-0.39, 0.29) is 6.61 Å². The third kappa shape index (κ3) is 1.35. The molecule has 0 bridgehead atoms. The smallest absolute Gasteiger partial charge is 0.150 e. The molecule has 14 heavy (non-hydrogen) atoms. The van der Waals surface area contributed by atoms with Gasteiger partial charge < -0.3 is 5.11 Å². The van der Waals surface area contributed by atoms with Gasteiger partial charge in [-0.1, -0.05) is 12.1 Å². The van der Waals surface area contributed by atoms with Crippen LogP contribution in [0.5, 0.6) is 0 Å². The second-order valence-corrected chi connectivity index (χ2v) is 4.68. The van der Waals surface area contributed by atoms with E-state index in [2.05, 4.69) is 12.6 Å². The third-order valence-electron chi connectivity index (χ3n) is 2.11. The first-order valence-corrected chi connectivity index (χ1v) is 5.33. The van der Waals surface area contributed by atoms with Crippen LogP contribution >= 0.6 is 24.0 Å². The zero-order valence-electron chi connectivity index (χ0n) is 7.23. The molecule has 0 amide bonds. The van der Waals surface area contributed by atoms with Crippen LogP contribution in [-0.2, 0) is 6.61 Å². The lowest BCUT2D eigenvalue weighted by atomic mass is 10.1. The van der Waals surface area contributed by atoms with Crippen LogP contribution in [0.3, 0.4) is 0 Å². The molecule has 1 aromatic heterocycles. The average molecular weight is 224 g/mol. The van der Waals surface area contributed by atoms with Gasteiger partial charge in [-0.3, -0.25) is 4.79 Å². The van der Waals surface area contributed by atoms with E-state index in [0.29, 0.717) is 5.56 Å². The highest BCUT2D eigenvalue weighted by molar-refractivity contribution is 7.83. The molecule has 0 spiro atoms. The maximum atomic E-state index is 10.8. The van der Waals surface area contributed by atoms with Crippen molar-refractivity contribution in [3.05, 3.63) is 29.3 Å². The number of carbonyl (C=O) groups is 1. The Balaban J connectivity index is 2.89. The predicted molar refractivity (Wildman–Crippen MR) is 60.4 cm³/mol. The van der Waals surface area contributed by atoms with Crippen LogP contribution in [0.15, 0.2) is 22.4 Å². The van der Waals surface area contributed by atoms with Gasteiger partial charge in [0.2, 0.25) is 0 Å². The summed E-state index contributed by atoms with van der Waals surface area (Å²) in [6.45, 7) is -0.0797. The normalized spacial score (nSPS) is 10.7. The Bertz CT molecular complexity index is 488. The Hall–Kier alpha value is -0.840. The maximum Gasteiger partial charge on any atom is 0.150 e. The van der Waals surface area contributed by atoms with E-state index >= 15 is 0 Å². The minimum Gasteiger partial charge on any atom is -0.392 e. The number of hydrogen-bond acceptors (Lipinski definition) is 4. The molecule has 2 rings (SSSR count). The molecule has 1 aromatic carbocycles. The van der Waals surface area contributed by atoms with Crippen LogP contribution in [0.2, 0.25) is 0 Å². The number of benzene rings is 1. The van der Waals surface area contributed by atoms with Crippen LogP contribution in [0.25, 0.3) is 10.1 Å². The lowest BCUT2D eigenvalue weighted by Crippen LogP contribution is -1.86. The van der Waals surface area contributed by atoms with Gasteiger partial charge in [0.15, 0.2) is 6.29 Å². The minimum absolute atomic E-state index is 0.0797. The van der Waals surface area contributed by atoms with Crippen LogP contribution in [0.1, 0.15) is 15.9 Å². The fourth-order valence-electron chi connectivity index (χ4n) is 1.47. The Kier molecular flexibility index (Phi) is 2.58. The molecule has 0 radical (unpaired) electrons. The summed E-state index contributed by atoms with van der Waals surface area (Å²) in [6, 6.07) is 5.50. The number of hydrogen-bond donors (Lipinski definition) is 2. The minimum atomic E-state index is -0.0797. The molecule has 0 unspecified atom stereocenters. The number of thiophene rings is 1. The zero-order valence-corrected chi connectivity index (χ0v) is 8.94. The van der Waals surface area contributed by atoms with Gasteiger partial charge in [-0.05, 0) is 6.07 Å². The molecule has 2 aromatic rings. The van der Waals surface area contributed by atoms with Crippen molar-refractivity contribution in [2.45, 2.75) is 10.8 Å². The van der Waals surface area contributed by atoms with E-state index in [9.17, 15) is 4.79 Å². The number of aliphatic hydroxyl groups is 1. The standard InChI is InChI=1S/C10H8O2S2/c11-4-6-2-1-3-8-9(6)7(5-12)10(13)14-8/h1-4,12-13H,5H2. The second-order valence-electron chi connectivity index (χ2n) is 2.88. The van der Waals surface area contributed by atoms with E-state index < -0.39 is 0 Å². The molecule has 4 heteroatoms. The monoisotopic (exact) mass is 224 g/mol. The van der Waals surface area contributed by atoms with E-state index in [1.807, 2.05) is 12.1 Å². The van der Waals surface area contributed by atoms with Gasteiger partial charge >= 0.3 is 0 Å². The summed E-state index contributed by atoms with van der Waals surface area (Å²) in [4.78, 5) is 10.8. The van der Waals surface area contributed by atoms with E-state index in [4.69, 9.17) is 5.11 Å². The van der Waals surface area contributed by atoms with Crippen molar-refractivity contribution in [3.63, 3.8) is 0 Å². The quantitative estimate of drug-likeness (QED) is 0.607. The van der Waals surface area contributed by atoms with Crippen molar-refractivity contribution in [1.29, 1.82) is 0 Å². The third-order valence-corrected chi connectivity index (χ3v) is 3.65. The molecule has 2 nitrogen and oxygen atoms in total. The second kappa shape index (κ2) is 3.73. The topological polar surface area (TPSA) is 37.3 Å². The molecule has 0 saturated heterocycles. The highest BCUT2D eigenvalue weighted by Gasteiger charge is 2.11. The summed E-state index contributed by atoms with van der Waals surface area (Å²) in [5.74, 6) is 0. The first-order chi connectivity index (χ1) is 6.77. The van der Waals surface area contributed by atoms with Gasteiger partial charge in [-0.15, -0.1) is 24.0 Å². The Morgan fingerprint density at radius 2 is 2.29 bits per heavy atom. The molecule has 1 N–H and O–H groups in total. The summed E-state index contributed by atoms with van der Waals surface area (Å²) in [5.41, 5.74) is 1.36. The number of rotatable bonds is 2. The van der Waals surface area contributed by atoms with Gasteiger partial charge in [0.05, 0.1) is 10.8 Å². The van der Waals surface area contributed by atoms with Crippen LogP contribution in [0, 0.1) is 0 Å². The molecular weight excluding hydrogens is 216 g/mol. The number of aliphatic hydroxyl groups excluding tert-OH is 1. The first kappa shape index (κ1) is 9.71. The molecule has 0 atom stereocenters. The van der Waals surface area contributed by atoms with Crippen molar-refractivity contribution in [2.75, 3.05) is 0 Å². The van der Waals surface area contributed by atoms with Crippen LogP contribution in [-0.4, -0.2) is 11.4 Å². The number of aldehydes is 1. The van der Waals surface area contributed by atoms with Gasteiger partial charge in [0, 0.05) is 21.2 Å². The number of carbonyl (C=O) groups excluding carboxylic acids is 1. The van der Waals surface area contributed by atoms with Crippen LogP contribution < -0.4 is 0 Å². The van der Waals surface area contributed by atoms with Gasteiger partial charge in [-0.2, -0.15) is 0 Å². The predicted octanol–water partition coefficient (Wildman–Crippen LogP) is 2.49. The lowest BCUT2D eigenvalue weighted by molar-refractivity contribution is 0.112. The van der Waals surface area contributed by atoms with Crippen LogP contribution in [0.4, 0.5) is 0 Å². The van der Waals surface area contributed by atoms with Crippen molar-refractivity contribution in [2.24, 2.45) is 0 Å². The van der Waals surface area contributed by atoms with Crippen molar-refractivity contribution in [1.82, 2.24) is 0 Å². The van der Waals surface area contributed by atoms with Gasteiger partial charge in [0.25, 0.3) is 0 Å². The van der Waals surface area contributed by atoms with Crippen molar-refractivity contribution in [3.8, 4) is 0 Å². The van der Waals surface area contributed by atoms with Crippen molar-refractivity contribution >= 4 is 40.3 Å². The molecule has 0 fully saturated rings. The highest BCUT2D eigenvalue weighted by atomic mass is 32.2. The first-order valence-electron chi connectivity index (χ1n) is 4.07. The van der Waals surface area contributed by atoms with Gasteiger partial charge in [-0.25, -0.2) is 0 Å². The lowest BCUT2D eigenvalue weighted by Gasteiger charge is -1.97. The molecule has 72 valence electrons. The number of thiol groups is 1. The molecule has 0 aliphatic rings. The van der Waals surface area contributed by atoms with Crippen molar-refractivity contribution < 1.29 is 9.90 Å². The summed E-state index contributed by atoms with van der Waals surface area (Å²) in [7, 11) is 0. The molecule has 0 aliphatic carbocycles. The number of fused-ring (bicyclic) bond motifs is 1. The Morgan fingerprint density at radius 1 is 1.50 bits per heavy atom. The molecule has 0 saturated carbocycles.